The summed E-state index contributed by atoms with van der Waals surface area (Å²) in [5.74, 6) is 1.85. The Labute approximate surface area is 125 Å². The number of hydrogen-bond acceptors (Lipinski definition) is 3. The van der Waals surface area contributed by atoms with E-state index in [9.17, 15) is 0 Å². The Kier molecular flexibility index (Phi) is 4.62. The van der Waals surface area contributed by atoms with Crippen LogP contribution in [-0.2, 0) is 6.42 Å². The number of benzene rings is 2. The highest BCUT2D eigenvalue weighted by atomic mass is 16.5. The van der Waals surface area contributed by atoms with Crippen molar-refractivity contribution >= 4 is 5.69 Å². The minimum atomic E-state index is 0.672. The highest BCUT2D eigenvalue weighted by Crippen LogP contribution is 2.26. The first kappa shape index (κ1) is 13.8. The maximum Gasteiger partial charge on any atom is 0.121 e. The third kappa shape index (κ3) is 3.91. The molecule has 2 aromatic carbocycles. The first-order chi connectivity index (χ1) is 10.4. The fraction of sp³-hybridized carbons (Fsp3) is 0.333. The van der Waals surface area contributed by atoms with E-state index < -0.39 is 0 Å². The smallest absolute Gasteiger partial charge is 0.121 e. The van der Waals surface area contributed by atoms with Gasteiger partial charge in [-0.2, -0.15) is 0 Å². The second kappa shape index (κ2) is 7.02. The van der Waals surface area contributed by atoms with Gasteiger partial charge in [0.15, 0.2) is 0 Å². The van der Waals surface area contributed by atoms with Crippen LogP contribution in [0.4, 0.5) is 5.69 Å². The summed E-state index contributed by atoms with van der Waals surface area (Å²) < 4.78 is 11.4. The van der Waals surface area contributed by atoms with Crippen LogP contribution >= 0.6 is 0 Å². The first-order valence-electron chi connectivity index (χ1n) is 7.59. The Hall–Kier alpha value is -2.16. The van der Waals surface area contributed by atoms with Crippen LogP contribution in [0.2, 0.25) is 0 Å². The monoisotopic (exact) mass is 283 g/mol. The van der Waals surface area contributed by atoms with Crippen molar-refractivity contribution in [3.8, 4) is 11.5 Å². The van der Waals surface area contributed by atoms with Gasteiger partial charge in [-0.1, -0.05) is 24.3 Å². The minimum absolute atomic E-state index is 0.672. The maximum atomic E-state index is 5.79. The van der Waals surface area contributed by atoms with Gasteiger partial charge >= 0.3 is 0 Å². The van der Waals surface area contributed by atoms with E-state index >= 15 is 0 Å². The fourth-order valence-corrected chi connectivity index (χ4v) is 2.49. The number of fused-ring (bicyclic) bond motifs is 1. The molecule has 0 saturated heterocycles. The van der Waals surface area contributed by atoms with Crippen LogP contribution in [0, 0.1) is 0 Å². The van der Waals surface area contributed by atoms with Gasteiger partial charge < -0.3 is 14.8 Å². The molecule has 0 spiro atoms. The summed E-state index contributed by atoms with van der Waals surface area (Å²) in [6.07, 6.45) is 3.25. The molecule has 0 fully saturated rings. The molecule has 110 valence electrons. The number of ether oxygens (including phenoxy) is 2. The highest BCUT2D eigenvalue weighted by Gasteiger charge is 2.08. The summed E-state index contributed by atoms with van der Waals surface area (Å²) in [6, 6.07) is 16.2. The predicted molar refractivity (Wildman–Crippen MR) is 85.3 cm³/mol. The molecular weight excluding hydrogens is 262 g/mol. The lowest BCUT2D eigenvalue weighted by atomic mass is 10.0. The van der Waals surface area contributed by atoms with Crippen molar-refractivity contribution in [2.75, 3.05) is 25.1 Å². The van der Waals surface area contributed by atoms with Gasteiger partial charge in [-0.15, -0.1) is 0 Å². The molecule has 1 N–H and O–H groups in total. The Morgan fingerprint density at radius 1 is 0.905 bits per heavy atom. The van der Waals surface area contributed by atoms with E-state index in [1.165, 1.54) is 17.7 Å². The Bertz CT molecular complexity index is 569. The molecule has 0 unspecified atom stereocenters. The number of para-hydroxylation sites is 1. The Morgan fingerprint density at radius 3 is 2.57 bits per heavy atom. The second-order valence-electron chi connectivity index (χ2n) is 5.21. The van der Waals surface area contributed by atoms with Crippen molar-refractivity contribution in [3.63, 3.8) is 0 Å². The van der Waals surface area contributed by atoms with E-state index in [0.717, 1.165) is 30.9 Å². The zero-order valence-corrected chi connectivity index (χ0v) is 12.2. The zero-order valence-electron chi connectivity index (χ0n) is 12.2. The van der Waals surface area contributed by atoms with Crippen LogP contribution in [0.1, 0.15) is 18.4 Å². The van der Waals surface area contributed by atoms with Gasteiger partial charge in [-0.25, -0.2) is 0 Å². The van der Waals surface area contributed by atoms with Crippen molar-refractivity contribution in [1.29, 1.82) is 0 Å². The van der Waals surface area contributed by atoms with Crippen molar-refractivity contribution in [2.24, 2.45) is 0 Å². The minimum Gasteiger partial charge on any atom is -0.493 e. The fourth-order valence-electron chi connectivity index (χ4n) is 2.49. The molecule has 1 heterocycles. The summed E-state index contributed by atoms with van der Waals surface area (Å²) >= 11 is 0. The van der Waals surface area contributed by atoms with E-state index in [0.29, 0.717) is 13.2 Å². The summed E-state index contributed by atoms with van der Waals surface area (Å²) in [7, 11) is 0. The lowest BCUT2D eigenvalue weighted by Gasteiger charge is -2.18. The molecule has 0 radical (unpaired) electrons. The Balaban J connectivity index is 1.41. The van der Waals surface area contributed by atoms with Gasteiger partial charge in [-0.05, 0) is 36.6 Å². The van der Waals surface area contributed by atoms with E-state index in [1.54, 1.807) is 0 Å². The zero-order chi connectivity index (χ0) is 14.3. The van der Waals surface area contributed by atoms with Gasteiger partial charge in [0, 0.05) is 24.7 Å². The van der Waals surface area contributed by atoms with E-state index in [-0.39, 0.29) is 0 Å². The lowest BCUT2D eigenvalue weighted by molar-refractivity contribution is 0.247. The lowest BCUT2D eigenvalue weighted by Crippen LogP contribution is -2.12. The molecule has 3 heteroatoms. The quantitative estimate of drug-likeness (QED) is 0.816. The molecule has 21 heavy (non-hydrogen) atoms. The number of aryl methyl sites for hydroxylation is 1. The molecular formula is C18H21NO2. The van der Waals surface area contributed by atoms with Crippen LogP contribution in [0.25, 0.3) is 0 Å². The number of hydrogen-bond donors (Lipinski definition) is 1. The van der Waals surface area contributed by atoms with Crippen molar-refractivity contribution in [3.05, 3.63) is 54.1 Å². The first-order valence-corrected chi connectivity index (χ1v) is 7.59. The van der Waals surface area contributed by atoms with E-state index in [2.05, 4.69) is 23.5 Å². The van der Waals surface area contributed by atoms with Gasteiger partial charge in [0.05, 0.1) is 13.2 Å². The van der Waals surface area contributed by atoms with E-state index in [1.807, 2.05) is 30.3 Å². The average molecular weight is 283 g/mol. The predicted octanol–water partition coefficient (Wildman–Crippen LogP) is 3.89. The van der Waals surface area contributed by atoms with Gasteiger partial charge in [0.25, 0.3) is 0 Å². The summed E-state index contributed by atoms with van der Waals surface area (Å²) in [5.41, 5.74) is 2.61. The SMILES string of the molecule is c1ccc(OCCCOc2ccc3c(c2)NCCC3)cc1. The topological polar surface area (TPSA) is 30.5 Å². The van der Waals surface area contributed by atoms with Gasteiger partial charge in [-0.3, -0.25) is 0 Å². The molecule has 3 rings (SSSR count). The van der Waals surface area contributed by atoms with Gasteiger partial charge in [0.2, 0.25) is 0 Å². The molecule has 0 saturated carbocycles. The van der Waals surface area contributed by atoms with Crippen LogP contribution in [-0.4, -0.2) is 19.8 Å². The summed E-state index contributed by atoms with van der Waals surface area (Å²) in [4.78, 5) is 0. The number of anilines is 1. The molecule has 1 aliphatic rings. The largest absolute Gasteiger partial charge is 0.493 e. The molecule has 0 atom stereocenters. The summed E-state index contributed by atoms with van der Waals surface area (Å²) in [6.45, 7) is 2.40. The summed E-state index contributed by atoms with van der Waals surface area (Å²) in [5, 5.41) is 3.42. The number of rotatable bonds is 6. The van der Waals surface area contributed by atoms with Crippen molar-refractivity contribution in [1.82, 2.24) is 0 Å². The van der Waals surface area contributed by atoms with Crippen LogP contribution in [0.15, 0.2) is 48.5 Å². The van der Waals surface area contributed by atoms with Gasteiger partial charge in [0.1, 0.15) is 11.5 Å². The van der Waals surface area contributed by atoms with Crippen LogP contribution in [0.5, 0.6) is 11.5 Å². The third-order valence-corrected chi connectivity index (χ3v) is 3.59. The molecule has 0 amide bonds. The third-order valence-electron chi connectivity index (χ3n) is 3.59. The molecule has 0 bridgehead atoms. The van der Waals surface area contributed by atoms with Crippen LogP contribution < -0.4 is 14.8 Å². The van der Waals surface area contributed by atoms with Crippen LogP contribution in [0.3, 0.4) is 0 Å². The Morgan fingerprint density at radius 2 is 1.71 bits per heavy atom. The highest BCUT2D eigenvalue weighted by molar-refractivity contribution is 5.56. The second-order valence-corrected chi connectivity index (χ2v) is 5.21. The molecule has 2 aromatic rings. The number of nitrogens with one attached hydrogen (secondary N) is 1. The standard InChI is InChI=1S/C18H21NO2/c1-2-7-16(8-3-1)20-12-5-13-21-17-10-9-15-6-4-11-19-18(15)14-17/h1-3,7-10,14,19H,4-6,11-13H2. The molecule has 0 aromatic heterocycles. The normalized spacial score (nSPS) is 13.1. The molecule has 0 aliphatic carbocycles. The molecule has 1 aliphatic heterocycles. The van der Waals surface area contributed by atoms with Crippen molar-refractivity contribution < 1.29 is 9.47 Å². The van der Waals surface area contributed by atoms with Crippen molar-refractivity contribution in [2.45, 2.75) is 19.3 Å². The average Bonchev–Trinajstić information content (AvgIpc) is 2.55. The maximum absolute atomic E-state index is 5.79. The van der Waals surface area contributed by atoms with E-state index in [4.69, 9.17) is 9.47 Å². The molecule has 3 nitrogen and oxygen atoms in total.